The molecule has 0 heterocycles. The zero-order valence-electron chi connectivity index (χ0n) is 16.8. The summed E-state index contributed by atoms with van der Waals surface area (Å²) >= 11 is -3.09. The number of benzene rings is 4. The Morgan fingerprint density at radius 3 is 1.24 bits per heavy atom. The Hall–Kier alpha value is -2.84. The molecule has 0 N–H and O–H groups in total. The zero-order chi connectivity index (χ0) is 19.9. The van der Waals surface area contributed by atoms with Crippen LogP contribution in [0.3, 0.4) is 0 Å². The van der Waals surface area contributed by atoms with Gasteiger partial charge in [-0.3, -0.25) is 0 Å². The SMILES string of the molecule is CC/[C](=C\c1ccccc1)[Ge]([c]1ccccc1)([c]1ccccc1)[c]1ccccc1. The van der Waals surface area contributed by atoms with Crippen molar-refractivity contribution in [3.8, 4) is 0 Å². The molecule has 1 heteroatoms. The Balaban J connectivity index is 2.09. The predicted molar refractivity (Wildman–Crippen MR) is 129 cm³/mol. The van der Waals surface area contributed by atoms with Crippen LogP contribution in [0.25, 0.3) is 6.08 Å². The summed E-state index contributed by atoms with van der Waals surface area (Å²) in [6, 6.07) is 44.3. The van der Waals surface area contributed by atoms with E-state index in [0.29, 0.717) is 0 Å². The van der Waals surface area contributed by atoms with Crippen LogP contribution in [0.2, 0.25) is 0 Å². The Morgan fingerprint density at radius 2 is 0.897 bits per heavy atom. The monoisotopic (exact) mass is 436 g/mol. The molecule has 142 valence electrons. The van der Waals surface area contributed by atoms with E-state index in [1.807, 2.05) is 0 Å². The Kier molecular flexibility index (Phi) is 6.12. The summed E-state index contributed by atoms with van der Waals surface area (Å²) in [5.74, 6) is 0. The number of hydrogen-bond donors (Lipinski definition) is 0. The molecule has 0 spiro atoms. The molecule has 0 fully saturated rings. The summed E-state index contributed by atoms with van der Waals surface area (Å²) in [6.45, 7) is 2.31. The Labute approximate surface area is 176 Å². The molecule has 4 aromatic carbocycles. The van der Waals surface area contributed by atoms with Crippen molar-refractivity contribution in [3.63, 3.8) is 0 Å². The van der Waals surface area contributed by atoms with Gasteiger partial charge in [0.1, 0.15) is 0 Å². The van der Waals surface area contributed by atoms with Crippen LogP contribution in [0, 0.1) is 0 Å². The second-order valence-corrected chi connectivity index (χ2v) is 15.4. The number of allylic oxidation sites excluding steroid dienone is 1. The Bertz CT molecular complexity index is 956. The van der Waals surface area contributed by atoms with Gasteiger partial charge < -0.3 is 0 Å². The van der Waals surface area contributed by atoms with E-state index in [1.165, 1.54) is 18.8 Å². The van der Waals surface area contributed by atoms with Gasteiger partial charge in [-0.1, -0.05) is 0 Å². The third-order valence-electron chi connectivity index (χ3n) is 5.62. The number of rotatable bonds is 6. The summed E-state index contributed by atoms with van der Waals surface area (Å²) in [6.07, 6.45) is 3.49. The average Bonchev–Trinajstić information content (AvgIpc) is 2.82. The minimum absolute atomic E-state index is 1.04. The van der Waals surface area contributed by atoms with Crippen LogP contribution in [0.4, 0.5) is 0 Å². The van der Waals surface area contributed by atoms with Gasteiger partial charge in [0.2, 0.25) is 0 Å². The van der Waals surface area contributed by atoms with Crippen LogP contribution >= 0.6 is 0 Å². The van der Waals surface area contributed by atoms with Gasteiger partial charge in [-0.2, -0.15) is 0 Å². The van der Waals surface area contributed by atoms with E-state index in [9.17, 15) is 0 Å². The van der Waals surface area contributed by atoms with Crippen molar-refractivity contribution < 1.29 is 0 Å². The second kappa shape index (κ2) is 9.11. The van der Waals surface area contributed by atoms with Crippen LogP contribution < -0.4 is 13.2 Å². The normalized spacial score (nSPS) is 12.0. The van der Waals surface area contributed by atoms with E-state index in [2.05, 4.69) is 134 Å². The van der Waals surface area contributed by atoms with Crippen molar-refractivity contribution >= 4 is 32.5 Å². The summed E-state index contributed by atoms with van der Waals surface area (Å²) < 4.78 is 6.01. The molecule has 0 amide bonds. The van der Waals surface area contributed by atoms with Crippen molar-refractivity contribution in [2.24, 2.45) is 0 Å². The van der Waals surface area contributed by atoms with Gasteiger partial charge in [-0.15, -0.1) is 0 Å². The molecule has 0 aromatic heterocycles. The average molecular weight is 435 g/mol. The zero-order valence-corrected chi connectivity index (χ0v) is 18.9. The van der Waals surface area contributed by atoms with E-state index in [-0.39, 0.29) is 0 Å². The van der Waals surface area contributed by atoms with Crippen molar-refractivity contribution in [2.75, 3.05) is 0 Å². The molecule has 0 radical (unpaired) electrons. The summed E-state index contributed by atoms with van der Waals surface area (Å²) in [7, 11) is 0. The van der Waals surface area contributed by atoms with E-state index in [1.54, 1.807) is 4.41 Å². The van der Waals surface area contributed by atoms with E-state index in [4.69, 9.17) is 0 Å². The predicted octanol–water partition coefficient (Wildman–Crippen LogP) is 5.19. The summed E-state index contributed by atoms with van der Waals surface area (Å²) in [4.78, 5) is 0. The van der Waals surface area contributed by atoms with Gasteiger partial charge in [-0.05, 0) is 0 Å². The van der Waals surface area contributed by atoms with Crippen molar-refractivity contribution in [2.45, 2.75) is 13.3 Å². The van der Waals surface area contributed by atoms with Crippen LogP contribution in [0.5, 0.6) is 0 Å². The fourth-order valence-corrected chi connectivity index (χ4v) is 15.1. The molecule has 0 bridgehead atoms. The third kappa shape index (κ3) is 3.86. The fourth-order valence-electron chi connectivity index (χ4n) is 4.35. The molecule has 0 unspecified atom stereocenters. The standard InChI is InChI=1S/C28H26Ge/c1-2-25(23-24-15-7-3-8-16-24)29(26-17-9-4-10-18-26,27-19-11-5-12-20-27)28-21-13-6-14-22-28/h3-23H,2H2,1H3/b25-23+. The van der Waals surface area contributed by atoms with Gasteiger partial charge in [0.05, 0.1) is 0 Å². The molecular weight excluding hydrogens is 409 g/mol. The molecule has 29 heavy (non-hydrogen) atoms. The molecule has 0 aliphatic rings. The molecule has 0 atom stereocenters. The fraction of sp³-hybridized carbons (Fsp3) is 0.0714. The quantitative estimate of drug-likeness (QED) is 0.366. The van der Waals surface area contributed by atoms with Gasteiger partial charge in [0, 0.05) is 0 Å². The maximum absolute atomic E-state index is 3.09. The van der Waals surface area contributed by atoms with E-state index < -0.39 is 13.3 Å². The first kappa shape index (κ1) is 19.5. The minimum atomic E-state index is -3.09. The van der Waals surface area contributed by atoms with Crippen molar-refractivity contribution in [1.29, 1.82) is 0 Å². The molecule has 4 rings (SSSR count). The van der Waals surface area contributed by atoms with Gasteiger partial charge in [0.15, 0.2) is 0 Å². The molecule has 0 nitrogen and oxygen atoms in total. The first-order chi connectivity index (χ1) is 14.4. The molecule has 0 saturated heterocycles. The first-order valence-corrected chi connectivity index (χ1v) is 14.5. The van der Waals surface area contributed by atoms with E-state index >= 15 is 0 Å². The van der Waals surface area contributed by atoms with Crippen LogP contribution in [-0.4, -0.2) is 13.3 Å². The molecule has 4 aromatic rings. The van der Waals surface area contributed by atoms with Gasteiger partial charge >= 0.3 is 177 Å². The van der Waals surface area contributed by atoms with Gasteiger partial charge in [-0.25, -0.2) is 0 Å². The second-order valence-electron chi connectivity index (χ2n) is 7.28. The molecular formula is C28H26Ge. The van der Waals surface area contributed by atoms with Crippen molar-refractivity contribution in [1.82, 2.24) is 0 Å². The summed E-state index contributed by atoms with van der Waals surface area (Å²) in [5.41, 5.74) is 1.28. The van der Waals surface area contributed by atoms with Gasteiger partial charge in [0.25, 0.3) is 0 Å². The Morgan fingerprint density at radius 1 is 0.552 bits per heavy atom. The number of hydrogen-bond acceptors (Lipinski definition) is 0. The first-order valence-electron chi connectivity index (χ1n) is 10.3. The van der Waals surface area contributed by atoms with E-state index in [0.717, 1.165) is 6.42 Å². The molecule has 0 aliphatic heterocycles. The molecule has 0 saturated carbocycles. The van der Waals surface area contributed by atoms with Crippen LogP contribution in [0.15, 0.2) is 126 Å². The summed E-state index contributed by atoms with van der Waals surface area (Å²) in [5, 5.41) is 0. The van der Waals surface area contributed by atoms with Crippen molar-refractivity contribution in [3.05, 3.63) is 131 Å². The molecule has 0 aliphatic carbocycles. The van der Waals surface area contributed by atoms with Crippen LogP contribution in [-0.2, 0) is 0 Å². The topological polar surface area (TPSA) is 0 Å². The maximum atomic E-state index is 2.45. The van der Waals surface area contributed by atoms with Crippen LogP contribution in [0.1, 0.15) is 18.9 Å². The third-order valence-corrected chi connectivity index (χ3v) is 16.2.